The Morgan fingerprint density at radius 2 is 2.33 bits per heavy atom. The van der Waals surface area contributed by atoms with Crippen molar-refractivity contribution in [1.82, 2.24) is 0 Å². The fourth-order valence-electron chi connectivity index (χ4n) is 0.104. The Morgan fingerprint density at radius 1 is 1.67 bits per heavy atom. The molecule has 6 heavy (non-hydrogen) atoms. The topological polar surface area (TPSA) is 36.2 Å². The van der Waals surface area contributed by atoms with Gasteiger partial charge >= 0.3 is 0 Å². The highest BCUT2D eigenvalue weighted by Gasteiger charge is 1.48. The average molecular weight is 82.1 g/mol. The fourth-order valence-corrected chi connectivity index (χ4v) is 0.104. The predicted octanol–water partition coefficient (Wildman–Crippen LogP) is 0.850. The summed E-state index contributed by atoms with van der Waals surface area (Å²) >= 11 is 0. The normalized spacial score (nSPS) is 8.67. The van der Waals surface area contributed by atoms with Crippen LogP contribution in [-0.2, 0) is 0 Å². The van der Waals surface area contributed by atoms with Crippen LogP contribution < -0.4 is 0 Å². The summed E-state index contributed by atoms with van der Waals surface area (Å²) in [4.78, 5) is 3.49. The molecule has 0 aromatic rings. The third kappa shape index (κ3) is 3.08. The van der Waals surface area contributed by atoms with Crippen LogP contribution in [0.5, 0.6) is 0 Å². The van der Waals surface area contributed by atoms with Crippen LogP contribution in [0.1, 0.15) is 0 Å². The van der Waals surface area contributed by atoms with Gasteiger partial charge in [-0.3, -0.25) is 4.99 Å². The molecular weight excluding hydrogens is 76.1 g/mol. The molecule has 32 valence electrons. The van der Waals surface area contributed by atoms with Crippen LogP contribution in [0, 0.1) is 5.41 Å². The van der Waals surface area contributed by atoms with Crippen molar-refractivity contribution in [3.8, 4) is 0 Å². The van der Waals surface area contributed by atoms with Crippen LogP contribution in [0.15, 0.2) is 17.8 Å². The van der Waals surface area contributed by atoms with Crippen molar-refractivity contribution in [2.24, 2.45) is 4.99 Å². The molecule has 0 aliphatic heterocycles. The second-order valence-electron chi connectivity index (χ2n) is 0.647. The summed E-state index contributed by atoms with van der Waals surface area (Å²) in [5.41, 5.74) is 0. The van der Waals surface area contributed by atoms with Crippen LogP contribution in [0.2, 0.25) is 0 Å². The molecule has 0 radical (unpaired) electrons. The molecular formula is C4H6N2. The summed E-state index contributed by atoms with van der Waals surface area (Å²) in [6.45, 7) is 3.30. The van der Waals surface area contributed by atoms with Crippen molar-refractivity contribution in [2.45, 2.75) is 0 Å². The molecule has 0 unspecified atom stereocenters. The van der Waals surface area contributed by atoms with Gasteiger partial charge in [0.1, 0.15) is 0 Å². The van der Waals surface area contributed by atoms with E-state index in [1.165, 1.54) is 12.4 Å². The van der Waals surface area contributed by atoms with Crippen molar-refractivity contribution in [1.29, 1.82) is 5.41 Å². The maximum atomic E-state index is 6.38. The number of hydrogen-bond acceptors (Lipinski definition) is 2. The van der Waals surface area contributed by atoms with Crippen LogP contribution in [0.3, 0.4) is 0 Å². The first-order valence-electron chi connectivity index (χ1n) is 1.55. The van der Waals surface area contributed by atoms with E-state index in [1.807, 2.05) is 0 Å². The minimum absolute atomic E-state index is 1.10. The Bertz CT molecular complexity index is 63.6. The molecule has 0 aromatic carbocycles. The number of nitrogens with zero attached hydrogens (tertiary/aromatic N) is 1. The van der Waals surface area contributed by atoms with Gasteiger partial charge in [-0.2, -0.15) is 0 Å². The van der Waals surface area contributed by atoms with E-state index in [9.17, 15) is 0 Å². The zero-order valence-corrected chi connectivity index (χ0v) is 3.39. The highest BCUT2D eigenvalue weighted by Crippen LogP contribution is 1.56. The zero-order valence-electron chi connectivity index (χ0n) is 3.39. The zero-order chi connectivity index (χ0) is 4.83. The van der Waals surface area contributed by atoms with Gasteiger partial charge in [0.05, 0.1) is 0 Å². The lowest BCUT2D eigenvalue weighted by Crippen LogP contribution is -1.64. The first kappa shape index (κ1) is 5.08. The summed E-state index contributed by atoms with van der Waals surface area (Å²) in [5.74, 6) is 0. The number of nitrogens with one attached hydrogen (secondary N) is 1. The summed E-state index contributed by atoms with van der Waals surface area (Å²) < 4.78 is 0. The fraction of sp³-hybridized carbons (Fsp3) is 0. The molecule has 0 fully saturated rings. The molecule has 0 saturated carbocycles. The molecule has 0 heterocycles. The largest absolute Gasteiger partial charge is 0.307 e. The Hall–Kier alpha value is -0.920. The minimum Gasteiger partial charge on any atom is -0.307 e. The first-order valence-corrected chi connectivity index (χ1v) is 1.55. The van der Waals surface area contributed by atoms with Gasteiger partial charge in [0.2, 0.25) is 0 Å². The molecule has 0 aliphatic rings. The third-order valence-electron chi connectivity index (χ3n) is 0.266. The van der Waals surface area contributed by atoms with Gasteiger partial charge in [-0.15, -0.1) is 0 Å². The molecule has 0 aliphatic carbocycles. The monoisotopic (exact) mass is 82.1 g/mol. The van der Waals surface area contributed by atoms with E-state index in [0.717, 1.165) is 6.21 Å². The maximum Gasteiger partial charge on any atom is 0.0443 e. The van der Waals surface area contributed by atoms with Crippen molar-refractivity contribution < 1.29 is 0 Å². The van der Waals surface area contributed by atoms with E-state index in [1.54, 1.807) is 0 Å². The smallest absolute Gasteiger partial charge is 0.0443 e. The number of hydrogen-bond donors (Lipinski definition) is 1. The molecule has 0 aromatic heterocycles. The van der Waals surface area contributed by atoms with Crippen molar-refractivity contribution >= 4 is 12.4 Å². The molecule has 2 heteroatoms. The maximum absolute atomic E-state index is 6.38. The van der Waals surface area contributed by atoms with E-state index >= 15 is 0 Å². The third-order valence-corrected chi connectivity index (χ3v) is 0.266. The van der Waals surface area contributed by atoms with Crippen molar-refractivity contribution in [3.05, 3.63) is 12.8 Å². The Morgan fingerprint density at radius 3 is 2.50 bits per heavy atom. The Balaban J connectivity index is 3.17. The average Bonchev–Trinajstić information content (AvgIpc) is 1.61. The van der Waals surface area contributed by atoms with E-state index in [-0.39, 0.29) is 0 Å². The lowest BCUT2D eigenvalue weighted by Gasteiger charge is -1.61. The quantitative estimate of drug-likeness (QED) is 0.479. The second kappa shape index (κ2) is 4.08. The molecule has 0 bridgehead atoms. The van der Waals surface area contributed by atoms with Crippen LogP contribution in [0.25, 0.3) is 0 Å². The SMILES string of the molecule is C=C/N=C\C=N. The number of aliphatic imine (C=N–C) groups is 1. The van der Waals surface area contributed by atoms with Gasteiger partial charge in [-0.25, -0.2) is 0 Å². The molecule has 0 amide bonds. The molecule has 2 nitrogen and oxygen atoms in total. The van der Waals surface area contributed by atoms with Gasteiger partial charge in [0.25, 0.3) is 0 Å². The van der Waals surface area contributed by atoms with Gasteiger partial charge in [-0.1, -0.05) is 6.58 Å². The Kier molecular flexibility index (Phi) is 3.45. The van der Waals surface area contributed by atoms with E-state index in [4.69, 9.17) is 5.41 Å². The molecule has 0 saturated heterocycles. The van der Waals surface area contributed by atoms with Crippen molar-refractivity contribution in [2.75, 3.05) is 0 Å². The standard InChI is InChI=1S/C4H6N2/c1-2-6-4-3-5/h2-5H,1H2/b5-3?,6-4-. The van der Waals surface area contributed by atoms with Gasteiger partial charge in [0, 0.05) is 18.6 Å². The molecule has 1 N–H and O–H groups in total. The van der Waals surface area contributed by atoms with E-state index in [2.05, 4.69) is 11.6 Å². The minimum atomic E-state index is 1.10. The molecule has 0 atom stereocenters. The van der Waals surface area contributed by atoms with E-state index in [0.29, 0.717) is 0 Å². The summed E-state index contributed by atoms with van der Waals surface area (Å²) in [6, 6.07) is 0. The number of rotatable bonds is 2. The predicted molar refractivity (Wildman–Crippen MR) is 27.5 cm³/mol. The van der Waals surface area contributed by atoms with Crippen LogP contribution >= 0.6 is 0 Å². The lowest BCUT2D eigenvalue weighted by atomic mass is 10.8. The Labute approximate surface area is 36.7 Å². The lowest BCUT2D eigenvalue weighted by molar-refractivity contribution is 1.58. The summed E-state index contributed by atoms with van der Waals surface area (Å²) in [5, 5.41) is 6.38. The highest BCUT2D eigenvalue weighted by atomic mass is 14.7. The van der Waals surface area contributed by atoms with Gasteiger partial charge < -0.3 is 5.41 Å². The van der Waals surface area contributed by atoms with Gasteiger partial charge in [0.15, 0.2) is 0 Å². The van der Waals surface area contributed by atoms with Gasteiger partial charge in [-0.05, 0) is 0 Å². The summed E-state index contributed by atoms with van der Waals surface area (Å²) in [7, 11) is 0. The molecule has 0 rings (SSSR count). The van der Waals surface area contributed by atoms with Crippen molar-refractivity contribution in [3.63, 3.8) is 0 Å². The molecule has 0 spiro atoms. The second-order valence-corrected chi connectivity index (χ2v) is 0.647. The van der Waals surface area contributed by atoms with Crippen LogP contribution in [-0.4, -0.2) is 12.4 Å². The highest BCUT2D eigenvalue weighted by molar-refractivity contribution is 6.14. The van der Waals surface area contributed by atoms with E-state index < -0.39 is 0 Å². The first-order chi connectivity index (χ1) is 2.91. The summed E-state index contributed by atoms with van der Waals surface area (Å²) in [6.07, 6.45) is 3.83. The van der Waals surface area contributed by atoms with Crippen LogP contribution in [0.4, 0.5) is 0 Å².